The van der Waals surface area contributed by atoms with Crippen LogP contribution >= 0.6 is 34.7 Å². The fraction of sp³-hybridized carbons (Fsp3) is 0.0476. The molecular weight excluding hydrogens is 474 g/mol. The molecule has 1 amide bonds. The van der Waals surface area contributed by atoms with Crippen LogP contribution in [0.25, 0.3) is 10.2 Å². The van der Waals surface area contributed by atoms with Crippen LogP contribution in [0.15, 0.2) is 76.5 Å². The second-order valence-corrected chi connectivity index (χ2v) is 10.6. The van der Waals surface area contributed by atoms with Gasteiger partial charge in [0.05, 0.1) is 20.8 Å². The van der Waals surface area contributed by atoms with E-state index in [-0.39, 0.29) is 20.6 Å². The number of halogens is 1. The van der Waals surface area contributed by atoms with E-state index in [4.69, 9.17) is 17.3 Å². The molecule has 0 radical (unpaired) electrons. The summed E-state index contributed by atoms with van der Waals surface area (Å²) in [5, 5.41) is 0.331. The molecular formula is C21H16ClN3O3S3. The van der Waals surface area contributed by atoms with Gasteiger partial charge in [-0.15, -0.1) is 11.8 Å². The molecule has 0 aliphatic rings. The molecule has 0 fully saturated rings. The first-order valence-electron chi connectivity index (χ1n) is 9.02. The smallest absolute Gasteiger partial charge is 0.264 e. The molecule has 4 rings (SSSR count). The van der Waals surface area contributed by atoms with Crippen molar-refractivity contribution in [2.24, 2.45) is 5.73 Å². The molecule has 3 N–H and O–H groups in total. The highest BCUT2D eigenvalue weighted by Gasteiger charge is 2.24. The third-order valence-electron chi connectivity index (χ3n) is 4.34. The Labute approximate surface area is 192 Å². The Balaban J connectivity index is 1.72. The molecule has 0 atom stereocenters. The third kappa shape index (κ3) is 4.85. The fourth-order valence-electron chi connectivity index (χ4n) is 2.87. The number of thiazole rings is 1. The lowest BCUT2D eigenvalue weighted by Crippen LogP contribution is -2.17. The molecule has 0 aliphatic heterocycles. The van der Waals surface area contributed by atoms with Crippen molar-refractivity contribution < 1.29 is 13.2 Å². The number of nitrogens with one attached hydrogen (secondary N) is 1. The van der Waals surface area contributed by atoms with Gasteiger partial charge in [-0.3, -0.25) is 9.52 Å². The Bertz CT molecular complexity index is 1340. The topological polar surface area (TPSA) is 102 Å². The van der Waals surface area contributed by atoms with Crippen molar-refractivity contribution in [3.63, 3.8) is 0 Å². The number of rotatable bonds is 7. The number of hydrogen-bond donors (Lipinski definition) is 2. The number of anilines is 1. The number of hydrogen-bond acceptors (Lipinski definition) is 6. The molecule has 0 unspecified atom stereocenters. The Morgan fingerprint density at radius 3 is 2.52 bits per heavy atom. The molecule has 3 aromatic carbocycles. The molecule has 0 spiro atoms. The number of aromatic nitrogens is 1. The van der Waals surface area contributed by atoms with Gasteiger partial charge in [0.25, 0.3) is 10.0 Å². The number of amides is 1. The van der Waals surface area contributed by atoms with Gasteiger partial charge in [0, 0.05) is 10.6 Å². The van der Waals surface area contributed by atoms with Gasteiger partial charge < -0.3 is 5.73 Å². The quantitative estimate of drug-likeness (QED) is 0.350. The lowest BCUT2D eigenvalue weighted by Gasteiger charge is -2.13. The molecule has 0 aliphatic carbocycles. The normalized spacial score (nSPS) is 11.5. The number of fused-ring (bicyclic) bond motifs is 1. The van der Waals surface area contributed by atoms with Crippen LogP contribution < -0.4 is 10.5 Å². The maximum absolute atomic E-state index is 13.2. The van der Waals surface area contributed by atoms with E-state index < -0.39 is 15.9 Å². The van der Waals surface area contributed by atoms with Crippen molar-refractivity contribution in [2.45, 2.75) is 15.5 Å². The minimum Gasteiger partial charge on any atom is -0.366 e. The molecule has 10 heteroatoms. The monoisotopic (exact) mass is 489 g/mol. The molecule has 4 aromatic rings. The van der Waals surface area contributed by atoms with E-state index in [0.29, 0.717) is 16.2 Å². The first-order valence-corrected chi connectivity index (χ1v) is 12.7. The van der Waals surface area contributed by atoms with Crippen LogP contribution in [0.2, 0.25) is 5.02 Å². The number of carbonyl (C=O) groups excluding carboxylic acids is 1. The Kier molecular flexibility index (Phi) is 6.19. The van der Waals surface area contributed by atoms with Crippen molar-refractivity contribution in [1.82, 2.24) is 4.98 Å². The summed E-state index contributed by atoms with van der Waals surface area (Å²) in [7, 11) is -4.06. The maximum atomic E-state index is 13.2. The van der Waals surface area contributed by atoms with E-state index in [0.717, 1.165) is 10.3 Å². The number of carbonyl (C=O) groups is 1. The average Bonchev–Trinajstić information content (AvgIpc) is 3.14. The first-order chi connectivity index (χ1) is 14.8. The van der Waals surface area contributed by atoms with Crippen LogP contribution in [-0.4, -0.2) is 19.3 Å². The zero-order valence-corrected chi connectivity index (χ0v) is 19.1. The minimum atomic E-state index is -4.06. The Morgan fingerprint density at radius 2 is 1.81 bits per heavy atom. The average molecular weight is 490 g/mol. The Hall–Kier alpha value is -2.59. The number of primary amides is 1. The lowest BCUT2D eigenvalue weighted by molar-refractivity contribution is 0.1000. The number of para-hydroxylation sites is 1. The summed E-state index contributed by atoms with van der Waals surface area (Å²) >= 11 is 8.73. The molecule has 31 heavy (non-hydrogen) atoms. The number of nitrogens with two attached hydrogens (primary N) is 1. The third-order valence-corrected chi connectivity index (χ3v) is 8.37. The molecule has 1 heterocycles. The summed E-state index contributed by atoms with van der Waals surface area (Å²) in [5.41, 5.74) is 7.04. The second kappa shape index (κ2) is 8.88. The van der Waals surface area contributed by atoms with E-state index in [1.165, 1.54) is 35.2 Å². The van der Waals surface area contributed by atoms with E-state index in [1.54, 1.807) is 6.07 Å². The van der Waals surface area contributed by atoms with Gasteiger partial charge in [-0.05, 0) is 29.8 Å². The van der Waals surface area contributed by atoms with Crippen LogP contribution in [0, 0.1) is 0 Å². The van der Waals surface area contributed by atoms with Crippen molar-refractivity contribution in [2.75, 3.05) is 4.72 Å². The summed E-state index contributed by atoms with van der Waals surface area (Å²) in [6, 6.07) is 19.6. The van der Waals surface area contributed by atoms with Gasteiger partial charge in [-0.2, -0.15) is 0 Å². The summed E-state index contributed by atoms with van der Waals surface area (Å²) in [6.07, 6.45) is 0. The van der Waals surface area contributed by atoms with Crippen LogP contribution in [0.5, 0.6) is 0 Å². The maximum Gasteiger partial charge on any atom is 0.264 e. The zero-order valence-electron chi connectivity index (χ0n) is 15.9. The van der Waals surface area contributed by atoms with Gasteiger partial charge in [-0.25, -0.2) is 13.4 Å². The van der Waals surface area contributed by atoms with Gasteiger partial charge in [0.2, 0.25) is 5.91 Å². The van der Waals surface area contributed by atoms with Crippen molar-refractivity contribution >= 4 is 66.0 Å². The predicted octanol–water partition coefficient (Wildman–Crippen LogP) is 5.14. The van der Waals surface area contributed by atoms with Gasteiger partial charge in [0.15, 0.2) is 5.13 Å². The van der Waals surface area contributed by atoms with Crippen molar-refractivity contribution in [1.29, 1.82) is 0 Å². The molecule has 158 valence electrons. The minimum absolute atomic E-state index is 0.0598. The summed E-state index contributed by atoms with van der Waals surface area (Å²) in [6.45, 7) is 0. The van der Waals surface area contributed by atoms with Gasteiger partial charge in [-0.1, -0.05) is 65.4 Å². The number of benzene rings is 3. The van der Waals surface area contributed by atoms with E-state index in [9.17, 15) is 13.2 Å². The summed E-state index contributed by atoms with van der Waals surface area (Å²) < 4.78 is 29.9. The standard InChI is InChI=1S/C21H16ClN3O3S3/c22-15-11-18(29-12-13-6-2-1-3-7-13)19(10-14(15)20(23)26)31(27,28)25-21-24-16-8-4-5-9-17(16)30-21/h1-11H,12H2,(H2,23,26)(H,24,25). The summed E-state index contributed by atoms with van der Waals surface area (Å²) in [4.78, 5) is 16.4. The number of nitrogens with zero attached hydrogens (tertiary/aromatic N) is 1. The SMILES string of the molecule is NC(=O)c1cc(S(=O)(=O)Nc2nc3ccccc3s2)c(SCc2ccccc2)cc1Cl. The van der Waals surface area contributed by atoms with Gasteiger partial charge in [0.1, 0.15) is 4.90 Å². The molecule has 6 nitrogen and oxygen atoms in total. The van der Waals surface area contributed by atoms with Crippen LogP contribution in [0.3, 0.4) is 0 Å². The van der Waals surface area contributed by atoms with Crippen LogP contribution in [0.1, 0.15) is 15.9 Å². The van der Waals surface area contributed by atoms with E-state index in [2.05, 4.69) is 9.71 Å². The number of thioether (sulfide) groups is 1. The molecule has 1 aromatic heterocycles. The van der Waals surface area contributed by atoms with E-state index in [1.807, 2.05) is 48.5 Å². The summed E-state index contributed by atoms with van der Waals surface area (Å²) in [5.74, 6) is -0.280. The van der Waals surface area contributed by atoms with Crippen molar-refractivity contribution in [3.05, 3.63) is 82.9 Å². The number of sulfonamides is 1. The molecule has 0 bridgehead atoms. The predicted molar refractivity (Wildman–Crippen MR) is 126 cm³/mol. The van der Waals surface area contributed by atoms with Crippen LogP contribution in [-0.2, 0) is 15.8 Å². The largest absolute Gasteiger partial charge is 0.366 e. The second-order valence-electron chi connectivity index (χ2n) is 6.51. The molecule has 0 saturated heterocycles. The highest BCUT2D eigenvalue weighted by Crippen LogP contribution is 2.35. The van der Waals surface area contributed by atoms with Gasteiger partial charge >= 0.3 is 0 Å². The molecule has 0 saturated carbocycles. The van der Waals surface area contributed by atoms with E-state index >= 15 is 0 Å². The fourth-order valence-corrected chi connectivity index (χ4v) is 6.81. The zero-order chi connectivity index (χ0) is 22.0. The Morgan fingerprint density at radius 1 is 1.10 bits per heavy atom. The van der Waals surface area contributed by atoms with Crippen LogP contribution in [0.4, 0.5) is 5.13 Å². The lowest BCUT2D eigenvalue weighted by atomic mass is 10.2. The van der Waals surface area contributed by atoms with Crippen molar-refractivity contribution in [3.8, 4) is 0 Å². The first kappa shape index (κ1) is 21.6. The highest BCUT2D eigenvalue weighted by molar-refractivity contribution is 7.99. The highest BCUT2D eigenvalue weighted by atomic mass is 35.5.